The number of halogens is 2. The van der Waals surface area contributed by atoms with Gasteiger partial charge in [-0.05, 0) is 66.8 Å². The van der Waals surface area contributed by atoms with Gasteiger partial charge in [-0.25, -0.2) is 13.6 Å². The normalized spacial score (nSPS) is 14.6. The molecule has 0 bridgehead atoms. The van der Waals surface area contributed by atoms with Crippen LogP contribution in [0.25, 0.3) is 10.9 Å². The van der Waals surface area contributed by atoms with Gasteiger partial charge in [-0.2, -0.15) is 0 Å². The zero-order valence-corrected chi connectivity index (χ0v) is 16.5. The molecule has 0 unspecified atom stereocenters. The molecule has 0 atom stereocenters. The third kappa shape index (κ3) is 4.50. The van der Waals surface area contributed by atoms with Gasteiger partial charge in [0.15, 0.2) is 0 Å². The Balaban J connectivity index is 1.62. The SMILES string of the molecule is O=C(Nc1ccc(F)cc1)N(Cc1cc2ccc(F)cc2[nH]c1=O)C1CCCCC1. The maximum Gasteiger partial charge on any atom is 0.322 e. The Hall–Kier alpha value is -3.22. The van der Waals surface area contributed by atoms with Crippen molar-refractivity contribution >= 4 is 22.6 Å². The van der Waals surface area contributed by atoms with Crippen molar-refractivity contribution in [3.05, 3.63) is 76.1 Å². The Bertz CT molecular complexity index is 1110. The monoisotopic (exact) mass is 411 g/mol. The first-order valence-electron chi connectivity index (χ1n) is 10.1. The lowest BCUT2D eigenvalue weighted by atomic mass is 9.94. The quantitative estimate of drug-likeness (QED) is 0.622. The maximum absolute atomic E-state index is 13.5. The van der Waals surface area contributed by atoms with Gasteiger partial charge in [0.2, 0.25) is 0 Å². The lowest BCUT2D eigenvalue weighted by molar-refractivity contribution is 0.162. The highest BCUT2D eigenvalue weighted by Gasteiger charge is 2.26. The van der Waals surface area contributed by atoms with Crippen molar-refractivity contribution in [1.82, 2.24) is 9.88 Å². The smallest absolute Gasteiger partial charge is 0.322 e. The minimum Gasteiger partial charge on any atom is -0.322 e. The van der Waals surface area contributed by atoms with Crippen LogP contribution in [0.2, 0.25) is 0 Å². The molecule has 3 aromatic rings. The number of hydrogen-bond acceptors (Lipinski definition) is 2. The number of hydrogen-bond donors (Lipinski definition) is 2. The van der Waals surface area contributed by atoms with E-state index in [1.54, 1.807) is 17.0 Å². The Morgan fingerprint density at radius 3 is 2.43 bits per heavy atom. The summed E-state index contributed by atoms with van der Waals surface area (Å²) in [6.07, 6.45) is 4.92. The number of fused-ring (bicyclic) bond motifs is 1. The highest BCUT2D eigenvalue weighted by molar-refractivity contribution is 5.89. The second-order valence-electron chi connectivity index (χ2n) is 7.71. The molecule has 30 heavy (non-hydrogen) atoms. The van der Waals surface area contributed by atoms with E-state index in [9.17, 15) is 18.4 Å². The van der Waals surface area contributed by atoms with Crippen molar-refractivity contribution < 1.29 is 13.6 Å². The molecule has 2 amide bonds. The third-order valence-corrected chi connectivity index (χ3v) is 5.60. The van der Waals surface area contributed by atoms with E-state index in [1.165, 1.54) is 36.4 Å². The van der Waals surface area contributed by atoms with Crippen LogP contribution >= 0.6 is 0 Å². The first-order chi connectivity index (χ1) is 14.5. The standard InChI is InChI=1S/C23H23F2N3O2/c24-17-8-10-19(11-9-17)26-23(30)28(20-4-2-1-3-5-20)14-16-12-15-6-7-18(25)13-21(15)27-22(16)29/h6-13,20H,1-5,14H2,(H,26,30)(H,27,29). The van der Waals surface area contributed by atoms with Gasteiger partial charge in [-0.3, -0.25) is 4.79 Å². The summed E-state index contributed by atoms with van der Waals surface area (Å²) in [5.74, 6) is -0.801. The van der Waals surface area contributed by atoms with Gasteiger partial charge in [0, 0.05) is 17.3 Å². The van der Waals surface area contributed by atoms with Gasteiger partial charge in [-0.15, -0.1) is 0 Å². The summed E-state index contributed by atoms with van der Waals surface area (Å²) in [6.45, 7) is 0.139. The number of nitrogens with zero attached hydrogens (tertiary/aromatic N) is 1. The molecule has 1 saturated carbocycles. The van der Waals surface area contributed by atoms with Crippen LogP contribution in [-0.2, 0) is 6.54 Å². The van der Waals surface area contributed by atoms with Crippen LogP contribution < -0.4 is 10.9 Å². The second-order valence-corrected chi connectivity index (χ2v) is 7.71. The average Bonchev–Trinajstić information content (AvgIpc) is 2.74. The number of carbonyl (C=O) groups is 1. The average molecular weight is 411 g/mol. The fourth-order valence-electron chi connectivity index (χ4n) is 4.01. The van der Waals surface area contributed by atoms with Crippen LogP contribution in [0, 0.1) is 11.6 Å². The summed E-state index contributed by atoms with van der Waals surface area (Å²) in [5, 5.41) is 3.51. The van der Waals surface area contributed by atoms with E-state index in [-0.39, 0.29) is 30.0 Å². The largest absolute Gasteiger partial charge is 0.322 e. The van der Waals surface area contributed by atoms with Crippen LogP contribution in [0.4, 0.5) is 19.3 Å². The number of carbonyl (C=O) groups excluding carboxylic acids is 1. The Labute approximate surface area is 172 Å². The fraction of sp³-hybridized carbons (Fsp3) is 0.304. The molecule has 156 valence electrons. The lowest BCUT2D eigenvalue weighted by Gasteiger charge is -2.34. The summed E-state index contributed by atoms with van der Waals surface area (Å²) >= 11 is 0. The van der Waals surface area contributed by atoms with E-state index < -0.39 is 5.82 Å². The van der Waals surface area contributed by atoms with Crippen LogP contribution in [0.5, 0.6) is 0 Å². The molecule has 7 heteroatoms. The molecule has 1 aliphatic rings. The third-order valence-electron chi connectivity index (χ3n) is 5.60. The van der Waals surface area contributed by atoms with Crippen molar-refractivity contribution in [1.29, 1.82) is 0 Å². The summed E-state index contributed by atoms with van der Waals surface area (Å²) in [6, 6.07) is 11.2. The molecule has 0 aliphatic heterocycles. The number of anilines is 1. The topological polar surface area (TPSA) is 65.2 Å². The van der Waals surface area contributed by atoms with Gasteiger partial charge in [-0.1, -0.05) is 19.3 Å². The molecule has 0 spiro atoms. The molecule has 2 aromatic carbocycles. The highest BCUT2D eigenvalue weighted by atomic mass is 19.1. The fourth-order valence-corrected chi connectivity index (χ4v) is 4.01. The number of H-pyrrole nitrogens is 1. The molecule has 0 radical (unpaired) electrons. The minimum absolute atomic E-state index is 0.0162. The minimum atomic E-state index is -0.423. The molecule has 1 aliphatic carbocycles. The van der Waals surface area contributed by atoms with Crippen LogP contribution in [0.15, 0.2) is 53.3 Å². The van der Waals surface area contributed by atoms with Crippen molar-refractivity contribution in [2.75, 3.05) is 5.32 Å². The van der Waals surface area contributed by atoms with Crippen molar-refractivity contribution in [2.45, 2.75) is 44.7 Å². The van der Waals surface area contributed by atoms with Crippen LogP contribution in [0.1, 0.15) is 37.7 Å². The number of aromatic nitrogens is 1. The summed E-state index contributed by atoms with van der Waals surface area (Å²) < 4.78 is 26.6. The zero-order valence-electron chi connectivity index (χ0n) is 16.5. The first kappa shape index (κ1) is 20.1. The number of pyridine rings is 1. The van der Waals surface area contributed by atoms with Crippen LogP contribution in [0.3, 0.4) is 0 Å². The van der Waals surface area contributed by atoms with Gasteiger partial charge < -0.3 is 15.2 Å². The molecule has 1 heterocycles. The molecule has 4 rings (SSSR count). The Morgan fingerprint density at radius 1 is 1.00 bits per heavy atom. The van der Waals surface area contributed by atoms with E-state index in [2.05, 4.69) is 10.3 Å². The molecule has 1 fully saturated rings. The van der Waals surface area contributed by atoms with Crippen LogP contribution in [-0.4, -0.2) is 22.0 Å². The van der Waals surface area contributed by atoms with E-state index >= 15 is 0 Å². The van der Waals surface area contributed by atoms with E-state index in [1.807, 2.05) is 0 Å². The predicted molar refractivity (Wildman–Crippen MR) is 112 cm³/mol. The molecule has 1 aromatic heterocycles. The van der Waals surface area contributed by atoms with Crippen molar-refractivity contribution in [3.63, 3.8) is 0 Å². The Kier molecular flexibility index (Phi) is 5.79. The zero-order chi connectivity index (χ0) is 21.1. The number of amides is 2. The number of nitrogens with one attached hydrogen (secondary N) is 2. The van der Waals surface area contributed by atoms with E-state index in [0.29, 0.717) is 22.2 Å². The molecule has 0 saturated heterocycles. The summed E-state index contributed by atoms with van der Waals surface area (Å²) in [5.41, 5.74) is 1.01. The van der Waals surface area contributed by atoms with Gasteiger partial charge in [0.25, 0.3) is 5.56 Å². The molecular weight excluding hydrogens is 388 g/mol. The van der Waals surface area contributed by atoms with Gasteiger partial charge in [0.1, 0.15) is 11.6 Å². The number of benzene rings is 2. The van der Waals surface area contributed by atoms with E-state index in [0.717, 1.165) is 32.1 Å². The maximum atomic E-state index is 13.5. The molecular formula is C23H23F2N3O2. The second kappa shape index (κ2) is 8.65. The number of urea groups is 1. The van der Waals surface area contributed by atoms with Crippen molar-refractivity contribution in [3.8, 4) is 0 Å². The number of rotatable bonds is 4. The van der Waals surface area contributed by atoms with Gasteiger partial charge >= 0.3 is 6.03 Å². The molecule has 5 nitrogen and oxygen atoms in total. The van der Waals surface area contributed by atoms with Crippen molar-refractivity contribution in [2.24, 2.45) is 0 Å². The summed E-state index contributed by atoms with van der Waals surface area (Å²) in [7, 11) is 0. The Morgan fingerprint density at radius 2 is 1.70 bits per heavy atom. The lowest BCUT2D eigenvalue weighted by Crippen LogP contribution is -2.44. The predicted octanol–water partition coefficient (Wildman–Crippen LogP) is 5.17. The first-order valence-corrected chi connectivity index (χ1v) is 10.1. The highest BCUT2D eigenvalue weighted by Crippen LogP contribution is 2.25. The van der Waals surface area contributed by atoms with Gasteiger partial charge in [0.05, 0.1) is 12.1 Å². The molecule has 2 N–H and O–H groups in total. The van der Waals surface area contributed by atoms with E-state index in [4.69, 9.17) is 0 Å². The number of aromatic amines is 1. The summed E-state index contributed by atoms with van der Waals surface area (Å²) in [4.78, 5) is 30.1.